The second kappa shape index (κ2) is 8.29. The zero-order chi connectivity index (χ0) is 21.2. The first kappa shape index (κ1) is 20.7. The molecule has 0 unspecified atom stereocenters. The molecule has 2 heterocycles. The first-order valence-corrected chi connectivity index (χ1v) is 10.1. The van der Waals surface area contributed by atoms with E-state index >= 15 is 0 Å². The third kappa shape index (κ3) is 4.61. The SMILES string of the molecule is CN=C(NCC1(c2cccc(C(F)(F)F)c2)CC1)N1CCN(Cc2ccon2)CC1. The topological polar surface area (TPSA) is 56.9 Å². The molecule has 1 saturated heterocycles. The summed E-state index contributed by atoms with van der Waals surface area (Å²) in [6.45, 7) is 4.76. The molecular weight excluding hydrogens is 395 g/mol. The highest BCUT2D eigenvalue weighted by Gasteiger charge is 2.45. The summed E-state index contributed by atoms with van der Waals surface area (Å²) in [5.74, 6) is 0.800. The Morgan fingerprint density at radius 2 is 1.97 bits per heavy atom. The third-order valence-corrected chi connectivity index (χ3v) is 6.00. The number of piperazine rings is 1. The average Bonchev–Trinajstić information content (AvgIpc) is 3.36. The predicted molar refractivity (Wildman–Crippen MR) is 107 cm³/mol. The summed E-state index contributed by atoms with van der Waals surface area (Å²) in [7, 11) is 1.74. The first-order chi connectivity index (χ1) is 14.4. The Labute approximate surface area is 173 Å². The maximum Gasteiger partial charge on any atom is 0.416 e. The third-order valence-electron chi connectivity index (χ3n) is 6.00. The van der Waals surface area contributed by atoms with Gasteiger partial charge in [0.25, 0.3) is 0 Å². The van der Waals surface area contributed by atoms with Crippen LogP contribution in [-0.4, -0.2) is 60.7 Å². The van der Waals surface area contributed by atoms with Gasteiger partial charge in [-0.05, 0) is 24.5 Å². The molecule has 0 amide bonds. The van der Waals surface area contributed by atoms with E-state index in [-0.39, 0.29) is 5.41 Å². The van der Waals surface area contributed by atoms with Crippen LogP contribution in [0.3, 0.4) is 0 Å². The van der Waals surface area contributed by atoms with E-state index in [1.54, 1.807) is 19.4 Å². The number of guanidine groups is 1. The van der Waals surface area contributed by atoms with Crippen molar-refractivity contribution in [3.05, 3.63) is 53.4 Å². The summed E-state index contributed by atoms with van der Waals surface area (Å²) in [5, 5.41) is 7.37. The molecule has 0 spiro atoms. The lowest BCUT2D eigenvalue weighted by atomic mass is 9.94. The second-order valence-electron chi connectivity index (χ2n) is 8.01. The first-order valence-electron chi connectivity index (χ1n) is 10.1. The quantitative estimate of drug-likeness (QED) is 0.594. The van der Waals surface area contributed by atoms with Crippen LogP contribution in [0.25, 0.3) is 0 Å². The van der Waals surface area contributed by atoms with Crippen molar-refractivity contribution in [1.82, 2.24) is 20.3 Å². The van der Waals surface area contributed by atoms with Crippen LogP contribution in [0.1, 0.15) is 29.7 Å². The van der Waals surface area contributed by atoms with E-state index in [1.165, 1.54) is 12.1 Å². The fourth-order valence-corrected chi connectivity index (χ4v) is 3.99. The minimum Gasteiger partial charge on any atom is -0.364 e. The second-order valence-corrected chi connectivity index (χ2v) is 8.01. The fraction of sp³-hybridized carbons (Fsp3) is 0.524. The van der Waals surface area contributed by atoms with E-state index in [0.717, 1.165) is 68.8 Å². The molecule has 6 nitrogen and oxygen atoms in total. The molecule has 9 heteroatoms. The number of hydrogen-bond donors (Lipinski definition) is 1. The number of nitrogens with one attached hydrogen (secondary N) is 1. The molecule has 1 N–H and O–H groups in total. The molecule has 4 rings (SSSR count). The molecule has 30 heavy (non-hydrogen) atoms. The highest BCUT2D eigenvalue weighted by Crippen LogP contribution is 2.48. The van der Waals surface area contributed by atoms with Gasteiger partial charge in [0.1, 0.15) is 6.26 Å². The Balaban J connectivity index is 1.33. The summed E-state index contributed by atoms with van der Waals surface area (Å²) < 4.78 is 44.1. The van der Waals surface area contributed by atoms with Crippen molar-refractivity contribution in [2.24, 2.45) is 4.99 Å². The fourth-order valence-electron chi connectivity index (χ4n) is 3.99. The Bertz CT molecular complexity index is 869. The van der Waals surface area contributed by atoms with Crippen molar-refractivity contribution < 1.29 is 17.7 Å². The molecule has 1 aromatic carbocycles. The summed E-state index contributed by atoms with van der Waals surface area (Å²) in [5.41, 5.74) is 0.839. The van der Waals surface area contributed by atoms with E-state index in [4.69, 9.17) is 4.52 Å². The summed E-state index contributed by atoms with van der Waals surface area (Å²) in [6.07, 6.45) is -0.982. The van der Waals surface area contributed by atoms with Gasteiger partial charge in [-0.2, -0.15) is 13.2 Å². The van der Waals surface area contributed by atoms with Crippen LogP contribution in [-0.2, 0) is 18.1 Å². The molecule has 0 atom stereocenters. The number of aliphatic imine (C=N–C) groups is 1. The lowest BCUT2D eigenvalue weighted by molar-refractivity contribution is -0.137. The van der Waals surface area contributed by atoms with Gasteiger partial charge >= 0.3 is 6.18 Å². The smallest absolute Gasteiger partial charge is 0.364 e. The zero-order valence-corrected chi connectivity index (χ0v) is 17.0. The van der Waals surface area contributed by atoms with Crippen molar-refractivity contribution in [1.29, 1.82) is 0 Å². The van der Waals surface area contributed by atoms with Crippen LogP contribution in [0.2, 0.25) is 0 Å². The van der Waals surface area contributed by atoms with E-state index < -0.39 is 11.7 Å². The number of halogens is 3. The molecule has 2 aromatic rings. The lowest BCUT2D eigenvalue weighted by Gasteiger charge is -2.36. The van der Waals surface area contributed by atoms with Crippen molar-refractivity contribution in [3.63, 3.8) is 0 Å². The largest absolute Gasteiger partial charge is 0.416 e. The molecule has 162 valence electrons. The maximum atomic E-state index is 13.1. The minimum absolute atomic E-state index is 0.244. The van der Waals surface area contributed by atoms with Gasteiger partial charge in [0.05, 0.1) is 11.3 Å². The summed E-state index contributed by atoms with van der Waals surface area (Å²) in [6, 6.07) is 7.59. The number of rotatable bonds is 5. The number of alkyl halides is 3. The number of aromatic nitrogens is 1. The van der Waals surface area contributed by atoms with Gasteiger partial charge in [-0.1, -0.05) is 23.4 Å². The van der Waals surface area contributed by atoms with Crippen molar-refractivity contribution in [3.8, 4) is 0 Å². The highest BCUT2D eigenvalue weighted by molar-refractivity contribution is 5.80. The normalized spacial score (nSPS) is 19.7. The van der Waals surface area contributed by atoms with Crippen LogP contribution in [0, 0.1) is 0 Å². The standard InChI is InChI=1S/C21H26F3N5O/c1-25-19(29-10-8-28(9-11-29)14-18-5-12-30-27-18)26-15-20(6-7-20)16-3-2-4-17(13-16)21(22,23)24/h2-5,12-13H,6-11,14-15H2,1H3,(H,25,26). The highest BCUT2D eigenvalue weighted by atomic mass is 19.4. The van der Waals surface area contributed by atoms with Crippen LogP contribution in [0.5, 0.6) is 0 Å². The van der Waals surface area contributed by atoms with Crippen LogP contribution < -0.4 is 5.32 Å². The Morgan fingerprint density at radius 1 is 1.20 bits per heavy atom. The molecular formula is C21H26F3N5O. The van der Waals surface area contributed by atoms with E-state index in [2.05, 4.69) is 25.3 Å². The zero-order valence-electron chi connectivity index (χ0n) is 17.0. The monoisotopic (exact) mass is 421 g/mol. The van der Waals surface area contributed by atoms with E-state index in [9.17, 15) is 13.2 Å². The summed E-state index contributed by atoms with van der Waals surface area (Å²) >= 11 is 0. The average molecular weight is 421 g/mol. The predicted octanol–water partition coefficient (Wildman–Crippen LogP) is 3.12. The van der Waals surface area contributed by atoms with Gasteiger partial charge < -0.3 is 14.7 Å². The van der Waals surface area contributed by atoms with Gasteiger partial charge in [0, 0.05) is 57.8 Å². The van der Waals surface area contributed by atoms with Crippen LogP contribution in [0.15, 0.2) is 46.1 Å². The van der Waals surface area contributed by atoms with Crippen molar-refractivity contribution in [2.75, 3.05) is 39.8 Å². The van der Waals surface area contributed by atoms with Crippen molar-refractivity contribution >= 4 is 5.96 Å². The number of nitrogens with zero attached hydrogens (tertiary/aromatic N) is 4. The molecule has 2 aliphatic rings. The van der Waals surface area contributed by atoms with Gasteiger partial charge in [-0.25, -0.2) is 0 Å². The number of hydrogen-bond acceptors (Lipinski definition) is 4. The molecule has 0 radical (unpaired) electrons. The van der Waals surface area contributed by atoms with Gasteiger partial charge in [-0.15, -0.1) is 0 Å². The molecule has 1 saturated carbocycles. The Kier molecular flexibility index (Phi) is 5.73. The van der Waals surface area contributed by atoms with Crippen LogP contribution >= 0.6 is 0 Å². The molecule has 0 bridgehead atoms. The Hall–Kier alpha value is -2.55. The maximum absolute atomic E-state index is 13.1. The minimum atomic E-state index is -4.32. The Morgan fingerprint density at radius 3 is 2.57 bits per heavy atom. The van der Waals surface area contributed by atoms with E-state index in [0.29, 0.717) is 6.54 Å². The summed E-state index contributed by atoms with van der Waals surface area (Å²) in [4.78, 5) is 8.91. The van der Waals surface area contributed by atoms with Crippen molar-refractivity contribution in [2.45, 2.75) is 31.0 Å². The number of benzene rings is 1. The molecule has 1 aliphatic carbocycles. The van der Waals surface area contributed by atoms with Gasteiger partial charge in [0.2, 0.25) is 0 Å². The lowest BCUT2D eigenvalue weighted by Crippen LogP contribution is -2.53. The van der Waals surface area contributed by atoms with Gasteiger partial charge in [-0.3, -0.25) is 9.89 Å². The van der Waals surface area contributed by atoms with Crippen LogP contribution in [0.4, 0.5) is 13.2 Å². The molecule has 1 aromatic heterocycles. The molecule has 2 fully saturated rings. The van der Waals surface area contributed by atoms with Gasteiger partial charge in [0.15, 0.2) is 5.96 Å². The molecule has 1 aliphatic heterocycles. The van der Waals surface area contributed by atoms with E-state index in [1.807, 2.05) is 6.07 Å².